The second-order valence-corrected chi connectivity index (χ2v) is 3.59. The van der Waals surface area contributed by atoms with Gasteiger partial charge in [0.25, 0.3) is 0 Å². The van der Waals surface area contributed by atoms with E-state index in [2.05, 4.69) is 5.32 Å². The van der Waals surface area contributed by atoms with Crippen LogP contribution in [0.2, 0.25) is 0 Å². The maximum absolute atomic E-state index is 13.7. The largest absolute Gasteiger partial charge is 0.494 e. The van der Waals surface area contributed by atoms with E-state index < -0.39 is 11.6 Å². The average molecular weight is 229 g/mol. The Hall–Kier alpha value is -1.20. The second-order valence-electron chi connectivity index (χ2n) is 3.59. The fourth-order valence-electron chi connectivity index (χ4n) is 1.73. The number of methoxy groups -OCH3 is 1. The Balaban J connectivity index is 2.29. The molecule has 0 amide bonds. The van der Waals surface area contributed by atoms with Gasteiger partial charge in [-0.1, -0.05) is 0 Å². The third-order valence-electron chi connectivity index (χ3n) is 2.57. The minimum atomic E-state index is -0.564. The summed E-state index contributed by atoms with van der Waals surface area (Å²) in [5.41, 5.74) is 0.276. The lowest BCUT2D eigenvalue weighted by molar-refractivity contribution is 0.0756. The van der Waals surface area contributed by atoms with Gasteiger partial charge < -0.3 is 14.8 Å². The summed E-state index contributed by atoms with van der Waals surface area (Å²) in [5.74, 6) is -1.13. The third-order valence-corrected chi connectivity index (χ3v) is 2.57. The summed E-state index contributed by atoms with van der Waals surface area (Å²) in [7, 11) is 1.31. The summed E-state index contributed by atoms with van der Waals surface area (Å²) < 4.78 is 37.0. The molecule has 5 heteroatoms. The van der Waals surface area contributed by atoms with E-state index in [1.165, 1.54) is 7.11 Å². The van der Waals surface area contributed by atoms with E-state index in [-0.39, 0.29) is 17.4 Å². The summed E-state index contributed by atoms with van der Waals surface area (Å²) in [5, 5.41) is 3.07. The molecule has 1 saturated heterocycles. The predicted octanol–water partition coefficient (Wildman–Crippen LogP) is 1.63. The van der Waals surface area contributed by atoms with E-state index in [9.17, 15) is 8.78 Å². The quantitative estimate of drug-likeness (QED) is 0.836. The molecular formula is C11H13F2NO2. The minimum Gasteiger partial charge on any atom is -0.494 e. The Labute approximate surface area is 92.4 Å². The van der Waals surface area contributed by atoms with Crippen molar-refractivity contribution in [1.82, 2.24) is 5.32 Å². The van der Waals surface area contributed by atoms with Crippen molar-refractivity contribution in [3.8, 4) is 5.75 Å². The van der Waals surface area contributed by atoms with E-state index >= 15 is 0 Å². The molecule has 1 N–H and O–H groups in total. The molecule has 1 aliphatic rings. The van der Waals surface area contributed by atoms with Crippen molar-refractivity contribution in [3.63, 3.8) is 0 Å². The number of rotatable bonds is 2. The van der Waals surface area contributed by atoms with Crippen LogP contribution in [-0.4, -0.2) is 26.9 Å². The van der Waals surface area contributed by atoms with Crippen molar-refractivity contribution in [2.75, 3.05) is 26.9 Å². The summed E-state index contributed by atoms with van der Waals surface area (Å²) in [6.07, 6.45) is 0. The van der Waals surface area contributed by atoms with Gasteiger partial charge in [0.05, 0.1) is 26.4 Å². The Morgan fingerprint density at radius 1 is 1.38 bits per heavy atom. The SMILES string of the molecule is COc1cc(F)c(C2COCCN2)cc1F. The molecule has 0 bridgehead atoms. The van der Waals surface area contributed by atoms with Crippen LogP contribution in [0.4, 0.5) is 8.78 Å². The number of hydrogen-bond acceptors (Lipinski definition) is 3. The molecule has 16 heavy (non-hydrogen) atoms. The van der Waals surface area contributed by atoms with Gasteiger partial charge in [-0.05, 0) is 6.07 Å². The van der Waals surface area contributed by atoms with Crippen LogP contribution in [-0.2, 0) is 4.74 Å². The first kappa shape index (κ1) is 11.3. The zero-order chi connectivity index (χ0) is 11.5. The molecule has 1 atom stereocenters. The number of halogens is 2. The van der Waals surface area contributed by atoms with Crippen LogP contribution in [0.1, 0.15) is 11.6 Å². The molecule has 0 spiro atoms. The maximum Gasteiger partial charge on any atom is 0.165 e. The molecule has 0 radical (unpaired) electrons. The van der Waals surface area contributed by atoms with Gasteiger partial charge in [0.2, 0.25) is 0 Å². The molecule has 1 unspecified atom stereocenters. The fraction of sp³-hybridized carbons (Fsp3) is 0.455. The van der Waals surface area contributed by atoms with E-state index in [1.54, 1.807) is 0 Å². The molecule has 3 nitrogen and oxygen atoms in total. The smallest absolute Gasteiger partial charge is 0.165 e. The summed E-state index contributed by atoms with van der Waals surface area (Å²) in [4.78, 5) is 0. The summed E-state index contributed by atoms with van der Waals surface area (Å²) in [6, 6.07) is 1.91. The first-order chi connectivity index (χ1) is 7.72. The Kier molecular flexibility index (Phi) is 3.36. The van der Waals surface area contributed by atoms with Crippen LogP contribution in [0.25, 0.3) is 0 Å². The van der Waals surface area contributed by atoms with Gasteiger partial charge in [0.15, 0.2) is 11.6 Å². The third kappa shape index (κ3) is 2.15. The topological polar surface area (TPSA) is 30.5 Å². The van der Waals surface area contributed by atoms with E-state index in [0.29, 0.717) is 19.8 Å². The number of nitrogens with one attached hydrogen (secondary N) is 1. The van der Waals surface area contributed by atoms with Gasteiger partial charge in [-0.3, -0.25) is 0 Å². The maximum atomic E-state index is 13.7. The van der Waals surface area contributed by atoms with Crippen molar-refractivity contribution in [2.45, 2.75) is 6.04 Å². The van der Waals surface area contributed by atoms with Gasteiger partial charge in [-0.15, -0.1) is 0 Å². The first-order valence-corrected chi connectivity index (χ1v) is 5.06. The van der Waals surface area contributed by atoms with Gasteiger partial charge in [-0.2, -0.15) is 0 Å². The van der Waals surface area contributed by atoms with Crippen molar-refractivity contribution >= 4 is 0 Å². The van der Waals surface area contributed by atoms with Crippen LogP contribution in [0.5, 0.6) is 5.75 Å². The average Bonchev–Trinajstić information content (AvgIpc) is 2.32. The molecule has 1 fully saturated rings. The summed E-state index contributed by atoms with van der Waals surface area (Å²) >= 11 is 0. The lowest BCUT2D eigenvalue weighted by Gasteiger charge is -2.24. The second kappa shape index (κ2) is 4.76. The number of hydrogen-bond donors (Lipinski definition) is 1. The van der Waals surface area contributed by atoms with Gasteiger partial charge in [0.1, 0.15) is 5.82 Å². The fourth-order valence-corrected chi connectivity index (χ4v) is 1.73. The van der Waals surface area contributed by atoms with Crippen LogP contribution in [0.15, 0.2) is 12.1 Å². The van der Waals surface area contributed by atoms with E-state index in [0.717, 1.165) is 12.1 Å². The van der Waals surface area contributed by atoms with Crippen molar-refractivity contribution in [1.29, 1.82) is 0 Å². The van der Waals surface area contributed by atoms with Crippen LogP contribution in [0, 0.1) is 11.6 Å². The van der Waals surface area contributed by atoms with E-state index in [1.807, 2.05) is 0 Å². The number of benzene rings is 1. The normalized spacial score (nSPS) is 20.8. The van der Waals surface area contributed by atoms with Crippen LogP contribution >= 0.6 is 0 Å². The molecule has 2 rings (SSSR count). The lowest BCUT2D eigenvalue weighted by atomic mass is 10.1. The molecule has 0 aliphatic carbocycles. The van der Waals surface area contributed by atoms with Gasteiger partial charge >= 0.3 is 0 Å². The van der Waals surface area contributed by atoms with E-state index in [4.69, 9.17) is 9.47 Å². The number of morpholine rings is 1. The van der Waals surface area contributed by atoms with Crippen molar-refractivity contribution < 1.29 is 18.3 Å². The summed E-state index contributed by atoms with van der Waals surface area (Å²) in [6.45, 7) is 1.58. The Bertz CT molecular complexity index is 378. The Morgan fingerprint density at radius 2 is 2.19 bits per heavy atom. The molecule has 1 heterocycles. The first-order valence-electron chi connectivity index (χ1n) is 5.06. The molecular weight excluding hydrogens is 216 g/mol. The monoisotopic (exact) mass is 229 g/mol. The van der Waals surface area contributed by atoms with Gasteiger partial charge in [-0.25, -0.2) is 8.78 Å². The Morgan fingerprint density at radius 3 is 2.81 bits per heavy atom. The molecule has 0 aromatic heterocycles. The predicted molar refractivity (Wildman–Crippen MR) is 54.5 cm³/mol. The number of ether oxygens (including phenoxy) is 2. The van der Waals surface area contributed by atoms with Crippen molar-refractivity contribution in [2.24, 2.45) is 0 Å². The van der Waals surface area contributed by atoms with Crippen LogP contribution < -0.4 is 10.1 Å². The highest BCUT2D eigenvalue weighted by Gasteiger charge is 2.21. The molecule has 1 aromatic carbocycles. The van der Waals surface area contributed by atoms with Crippen molar-refractivity contribution in [3.05, 3.63) is 29.3 Å². The highest BCUT2D eigenvalue weighted by Crippen LogP contribution is 2.26. The van der Waals surface area contributed by atoms with Crippen LogP contribution in [0.3, 0.4) is 0 Å². The zero-order valence-corrected chi connectivity index (χ0v) is 8.93. The minimum absolute atomic E-state index is 0.0852. The molecule has 1 aliphatic heterocycles. The highest BCUT2D eigenvalue weighted by atomic mass is 19.1. The molecule has 1 aromatic rings. The highest BCUT2D eigenvalue weighted by molar-refractivity contribution is 5.32. The lowest BCUT2D eigenvalue weighted by Crippen LogP contribution is -2.35. The molecule has 88 valence electrons. The molecule has 0 saturated carbocycles. The van der Waals surface area contributed by atoms with Gasteiger partial charge in [0, 0.05) is 18.2 Å². The standard InChI is InChI=1S/C11H13F2NO2/c1-15-11-5-8(12)7(4-9(11)13)10-6-16-3-2-14-10/h4-5,10,14H,2-3,6H2,1H3. The zero-order valence-electron chi connectivity index (χ0n) is 8.93.